The SMILES string of the molecule is CCCCN1C(=O)c2ccc(C(=O)N(C)C(C3CC3)C3CC3)cc2C1=O. The Labute approximate surface area is 154 Å². The molecule has 2 saturated carbocycles. The van der Waals surface area contributed by atoms with Crippen LogP contribution < -0.4 is 0 Å². The van der Waals surface area contributed by atoms with Crippen LogP contribution in [-0.2, 0) is 0 Å². The highest BCUT2D eigenvalue weighted by Crippen LogP contribution is 2.47. The van der Waals surface area contributed by atoms with Crippen molar-refractivity contribution in [2.75, 3.05) is 13.6 Å². The van der Waals surface area contributed by atoms with Crippen molar-refractivity contribution < 1.29 is 14.4 Å². The average molecular weight is 354 g/mol. The van der Waals surface area contributed by atoms with Crippen LogP contribution in [0, 0.1) is 11.8 Å². The largest absolute Gasteiger partial charge is 0.338 e. The number of amides is 3. The first kappa shape index (κ1) is 17.3. The molecule has 1 heterocycles. The van der Waals surface area contributed by atoms with Gasteiger partial charge >= 0.3 is 0 Å². The van der Waals surface area contributed by atoms with Crippen LogP contribution in [0.15, 0.2) is 18.2 Å². The topological polar surface area (TPSA) is 57.7 Å². The van der Waals surface area contributed by atoms with Crippen molar-refractivity contribution >= 4 is 17.7 Å². The zero-order valence-corrected chi connectivity index (χ0v) is 15.5. The lowest BCUT2D eigenvalue weighted by Crippen LogP contribution is -2.40. The molecule has 0 radical (unpaired) electrons. The van der Waals surface area contributed by atoms with E-state index in [1.54, 1.807) is 18.2 Å². The van der Waals surface area contributed by atoms with Gasteiger partial charge in [0.15, 0.2) is 0 Å². The Balaban J connectivity index is 1.56. The molecule has 0 bridgehead atoms. The number of carbonyl (C=O) groups excluding carboxylic acids is 3. The summed E-state index contributed by atoms with van der Waals surface area (Å²) >= 11 is 0. The molecule has 0 saturated heterocycles. The molecule has 26 heavy (non-hydrogen) atoms. The summed E-state index contributed by atoms with van der Waals surface area (Å²) in [5.41, 5.74) is 1.31. The number of carbonyl (C=O) groups is 3. The fourth-order valence-corrected chi connectivity index (χ4v) is 4.17. The molecule has 138 valence electrons. The van der Waals surface area contributed by atoms with Crippen molar-refractivity contribution in [2.24, 2.45) is 11.8 Å². The number of rotatable bonds is 7. The van der Waals surface area contributed by atoms with Crippen LogP contribution in [0.3, 0.4) is 0 Å². The number of nitrogens with zero attached hydrogens (tertiary/aromatic N) is 2. The maximum atomic E-state index is 13.0. The van der Waals surface area contributed by atoms with E-state index < -0.39 is 0 Å². The Bertz CT molecular complexity index is 753. The summed E-state index contributed by atoms with van der Waals surface area (Å²) in [7, 11) is 1.89. The smallest absolute Gasteiger partial charge is 0.261 e. The Hall–Kier alpha value is -2.17. The number of benzene rings is 1. The Kier molecular flexibility index (Phi) is 4.33. The van der Waals surface area contributed by atoms with E-state index >= 15 is 0 Å². The average Bonchev–Trinajstić information content (AvgIpc) is 3.55. The molecular weight excluding hydrogens is 328 g/mol. The number of fused-ring (bicyclic) bond motifs is 1. The van der Waals surface area contributed by atoms with Crippen molar-refractivity contribution in [3.63, 3.8) is 0 Å². The van der Waals surface area contributed by atoms with E-state index in [-0.39, 0.29) is 17.7 Å². The van der Waals surface area contributed by atoms with Gasteiger partial charge in [-0.05, 0) is 62.1 Å². The van der Waals surface area contributed by atoms with E-state index in [2.05, 4.69) is 0 Å². The van der Waals surface area contributed by atoms with Gasteiger partial charge in [0.05, 0.1) is 11.1 Å². The van der Waals surface area contributed by atoms with E-state index in [1.807, 2.05) is 18.9 Å². The fraction of sp³-hybridized carbons (Fsp3) is 0.571. The first-order valence-electron chi connectivity index (χ1n) is 9.80. The van der Waals surface area contributed by atoms with Crippen LogP contribution in [0.2, 0.25) is 0 Å². The van der Waals surface area contributed by atoms with Gasteiger partial charge in [0.2, 0.25) is 0 Å². The zero-order chi connectivity index (χ0) is 18.4. The van der Waals surface area contributed by atoms with Crippen LogP contribution in [-0.4, -0.2) is 47.2 Å². The van der Waals surface area contributed by atoms with Gasteiger partial charge in [-0.25, -0.2) is 0 Å². The molecule has 5 nitrogen and oxygen atoms in total. The van der Waals surface area contributed by atoms with Gasteiger partial charge in [-0.1, -0.05) is 13.3 Å². The second-order valence-electron chi connectivity index (χ2n) is 7.96. The maximum absolute atomic E-state index is 13.0. The van der Waals surface area contributed by atoms with Gasteiger partial charge in [-0.15, -0.1) is 0 Å². The van der Waals surface area contributed by atoms with E-state index in [9.17, 15) is 14.4 Å². The van der Waals surface area contributed by atoms with Gasteiger partial charge in [-0.3, -0.25) is 19.3 Å². The molecule has 0 spiro atoms. The van der Waals surface area contributed by atoms with Gasteiger partial charge < -0.3 is 4.90 Å². The van der Waals surface area contributed by atoms with Crippen molar-refractivity contribution in [3.8, 4) is 0 Å². The van der Waals surface area contributed by atoms with E-state index in [1.165, 1.54) is 30.6 Å². The van der Waals surface area contributed by atoms with Crippen LogP contribution in [0.25, 0.3) is 0 Å². The molecule has 2 fully saturated rings. The third kappa shape index (κ3) is 2.93. The minimum Gasteiger partial charge on any atom is -0.338 e. The summed E-state index contributed by atoms with van der Waals surface area (Å²) in [6.07, 6.45) is 6.56. The predicted octanol–water partition coefficient (Wildman–Crippen LogP) is 3.34. The first-order chi connectivity index (χ1) is 12.5. The Morgan fingerprint density at radius 3 is 2.31 bits per heavy atom. The summed E-state index contributed by atoms with van der Waals surface area (Å²) in [5, 5.41) is 0. The molecule has 0 unspecified atom stereocenters. The second kappa shape index (κ2) is 6.53. The standard InChI is InChI=1S/C21H26N2O3/c1-3-4-11-23-20(25)16-10-9-15(12-17(16)21(23)26)19(24)22(2)18(13-5-6-13)14-7-8-14/h9-10,12-14,18H,3-8,11H2,1-2H3. The second-order valence-corrected chi connectivity index (χ2v) is 7.96. The quantitative estimate of drug-likeness (QED) is 0.706. The Morgan fingerprint density at radius 2 is 1.73 bits per heavy atom. The van der Waals surface area contributed by atoms with E-state index in [4.69, 9.17) is 0 Å². The molecule has 3 aliphatic rings. The molecule has 2 aliphatic carbocycles. The molecule has 1 aliphatic heterocycles. The summed E-state index contributed by atoms with van der Waals surface area (Å²) in [6, 6.07) is 5.29. The van der Waals surface area contributed by atoms with Gasteiger partial charge in [0, 0.05) is 25.2 Å². The highest BCUT2D eigenvalue weighted by atomic mass is 16.2. The predicted molar refractivity (Wildman–Crippen MR) is 98.0 cm³/mol. The molecule has 0 atom stereocenters. The third-order valence-corrected chi connectivity index (χ3v) is 5.93. The fourth-order valence-electron chi connectivity index (χ4n) is 4.17. The number of imide groups is 1. The van der Waals surface area contributed by atoms with Crippen LogP contribution >= 0.6 is 0 Å². The van der Waals surface area contributed by atoms with Gasteiger partial charge in [0.25, 0.3) is 17.7 Å². The minimum atomic E-state index is -0.267. The Morgan fingerprint density at radius 1 is 1.12 bits per heavy atom. The lowest BCUT2D eigenvalue weighted by Gasteiger charge is -2.28. The lowest BCUT2D eigenvalue weighted by molar-refractivity contribution is 0.0651. The molecule has 1 aromatic carbocycles. The van der Waals surface area contributed by atoms with Crippen molar-refractivity contribution in [1.29, 1.82) is 0 Å². The molecule has 5 heteroatoms. The zero-order valence-electron chi connectivity index (χ0n) is 15.5. The number of unbranched alkanes of at least 4 members (excludes halogenated alkanes) is 1. The van der Waals surface area contributed by atoms with Crippen molar-refractivity contribution in [2.45, 2.75) is 51.5 Å². The van der Waals surface area contributed by atoms with Crippen LogP contribution in [0.5, 0.6) is 0 Å². The van der Waals surface area contributed by atoms with E-state index in [0.29, 0.717) is 41.1 Å². The summed E-state index contributed by atoms with van der Waals surface area (Å²) in [6.45, 7) is 2.47. The highest BCUT2D eigenvalue weighted by Gasteiger charge is 2.45. The number of hydrogen-bond acceptors (Lipinski definition) is 3. The normalized spacial score (nSPS) is 19.3. The van der Waals surface area contributed by atoms with E-state index in [0.717, 1.165) is 12.8 Å². The summed E-state index contributed by atoms with van der Waals surface area (Å²) in [4.78, 5) is 41.2. The van der Waals surface area contributed by atoms with Gasteiger partial charge in [0.1, 0.15) is 0 Å². The third-order valence-electron chi connectivity index (χ3n) is 5.93. The monoisotopic (exact) mass is 354 g/mol. The molecule has 0 aromatic heterocycles. The molecule has 0 N–H and O–H groups in total. The molecular formula is C21H26N2O3. The highest BCUT2D eigenvalue weighted by molar-refractivity contribution is 6.22. The molecule has 1 aromatic rings. The minimum absolute atomic E-state index is 0.0381. The lowest BCUT2D eigenvalue weighted by atomic mass is 10.0. The van der Waals surface area contributed by atoms with Crippen molar-refractivity contribution in [1.82, 2.24) is 9.80 Å². The molecule has 3 amide bonds. The van der Waals surface area contributed by atoms with Crippen LogP contribution in [0.1, 0.15) is 76.5 Å². The number of hydrogen-bond donors (Lipinski definition) is 0. The maximum Gasteiger partial charge on any atom is 0.261 e. The molecule has 4 rings (SSSR count). The van der Waals surface area contributed by atoms with Crippen LogP contribution in [0.4, 0.5) is 0 Å². The van der Waals surface area contributed by atoms with Crippen molar-refractivity contribution in [3.05, 3.63) is 34.9 Å². The van der Waals surface area contributed by atoms with Gasteiger partial charge in [-0.2, -0.15) is 0 Å². The first-order valence-corrected chi connectivity index (χ1v) is 9.80. The summed E-state index contributed by atoms with van der Waals surface area (Å²) < 4.78 is 0. The summed E-state index contributed by atoms with van der Waals surface area (Å²) in [5.74, 6) is 0.734.